The Morgan fingerprint density at radius 3 is 2.48 bits per heavy atom. The van der Waals surface area contributed by atoms with Crippen molar-refractivity contribution in [3.05, 3.63) is 57.7 Å². The van der Waals surface area contributed by atoms with Crippen molar-refractivity contribution < 1.29 is 27.2 Å². The molecule has 1 aromatic carbocycles. The van der Waals surface area contributed by atoms with E-state index in [0.717, 1.165) is 18.2 Å². The lowest BCUT2D eigenvalue weighted by Gasteiger charge is -2.10. The molecule has 0 atom stereocenters. The number of benzene rings is 1. The van der Waals surface area contributed by atoms with Gasteiger partial charge in [0.25, 0.3) is 0 Å². The van der Waals surface area contributed by atoms with Gasteiger partial charge in [0.05, 0.1) is 16.6 Å². The van der Waals surface area contributed by atoms with Gasteiger partial charge < -0.3 is 4.74 Å². The highest BCUT2D eigenvalue weighted by Gasteiger charge is 2.35. The third kappa shape index (κ3) is 3.52. The Bertz CT molecular complexity index is 815. The number of hydrogen-bond donors (Lipinski definition) is 0. The van der Waals surface area contributed by atoms with Crippen LogP contribution in [0.15, 0.2) is 30.5 Å². The minimum atomic E-state index is -4.85. The number of hydrogen-bond acceptors (Lipinski definition) is 5. The molecule has 0 saturated carbocycles. The maximum Gasteiger partial charge on any atom is 0.433 e. The second kappa shape index (κ2) is 5.88. The second-order valence-electron chi connectivity index (χ2n) is 4.15. The number of alkyl halides is 3. The van der Waals surface area contributed by atoms with Gasteiger partial charge >= 0.3 is 11.9 Å². The summed E-state index contributed by atoms with van der Waals surface area (Å²) in [6.45, 7) is 0. The van der Waals surface area contributed by atoms with E-state index < -0.39 is 39.8 Å². The molecular weight excluding hydrogens is 322 g/mol. The van der Waals surface area contributed by atoms with E-state index in [1.807, 2.05) is 0 Å². The molecule has 0 amide bonds. The van der Waals surface area contributed by atoms with Gasteiger partial charge in [-0.15, -0.1) is 0 Å². The van der Waals surface area contributed by atoms with Crippen LogP contribution >= 0.6 is 0 Å². The predicted octanol–water partition coefficient (Wildman–Crippen LogP) is 3.81. The third-order valence-electron chi connectivity index (χ3n) is 2.61. The molecule has 0 N–H and O–H groups in total. The van der Waals surface area contributed by atoms with Crippen molar-refractivity contribution in [3.63, 3.8) is 0 Å². The average molecular weight is 327 g/mol. The molecule has 10 heteroatoms. The topological polar surface area (TPSA) is 89.0 Å². The molecule has 0 bridgehead atoms. The summed E-state index contributed by atoms with van der Waals surface area (Å²) in [6.07, 6.45) is -4.48. The number of halogens is 4. The normalized spacial score (nSPS) is 10.9. The lowest BCUT2D eigenvalue weighted by molar-refractivity contribution is -0.386. The Kier molecular flexibility index (Phi) is 4.13. The fourth-order valence-electron chi connectivity index (χ4n) is 1.58. The quantitative estimate of drug-likeness (QED) is 0.486. The first-order valence-electron chi connectivity index (χ1n) is 5.81. The maximum atomic E-state index is 13.7. The minimum Gasteiger partial charge on any atom is -0.447 e. The van der Waals surface area contributed by atoms with Crippen LogP contribution in [-0.2, 0) is 6.18 Å². The summed E-state index contributed by atoms with van der Waals surface area (Å²) in [7, 11) is 0. The molecule has 2 rings (SSSR count). The highest BCUT2D eigenvalue weighted by molar-refractivity contribution is 5.48. The predicted molar refractivity (Wildman–Crippen MR) is 67.1 cm³/mol. The van der Waals surface area contributed by atoms with Crippen LogP contribution in [0.4, 0.5) is 23.2 Å². The minimum absolute atomic E-state index is 0.0462. The smallest absolute Gasteiger partial charge is 0.433 e. The van der Waals surface area contributed by atoms with E-state index in [1.165, 1.54) is 0 Å². The third-order valence-corrected chi connectivity index (χ3v) is 2.61. The van der Waals surface area contributed by atoms with E-state index in [-0.39, 0.29) is 5.56 Å². The van der Waals surface area contributed by atoms with Crippen LogP contribution in [0, 0.1) is 27.3 Å². The van der Waals surface area contributed by atoms with Crippen molar-refractivity contribution in [2.24, 2.45) is 0 Å². The highest BCUT2D eigenvalue weighted by atomic mass is 19.4. The second-order valence-corrected chi connectivity index (χ2v) is 4.15. The molecule has 1 heterocycles. The van der Waals surface area contributed by atoms with Crippen LogP contribution in [0.5, 0.6) is 11.5 Å². The van der Waals surface area contributed by atoms with E-state index >= 15 is 0 Å². The average Bonchev–Trinajstić information content (AvgIpc) is 2.48. The fraction of sp³-hybridized carbons (Fsp3) is 0.0769. The summed E-state index contributed by atoms with van der Waals surface area (Å²) in [4.78, 5) is 12.8. The number of pyridine rings is 1. The van der Waals surface area contributed by atoms with Crippen molar-refractivity contribution in [1.82, 2.24) is 4.98 Å². The Labute approximate surface area is 125 Å². The van der Waals surface area contributed by atoms with Gasteiger partial charge in [0.1, 0.15) is 11.9 Å². The largest absolute Gasteiger partial charge is 0.447 e. The Balaban J connectivity index is 2.49. The van der Waals surface area contributed by atoms with Crippen LogP contribution < -0.4 is 4.74 Å². The first kappa shape index (κ1) is 16.2. The number of rotatable bonds is 3. The van der Waals surface area contributed by atoms with E-state index in [1.54, 1.807) is 6.07 Å². The zero-order valence-corrected chi connectivity index (χ0v) is 11.0. The summed E-state index contributed by atoms with van der Waals surface area (Å²) >= 11 is 0. The lowest BCUT2D eigenvalue weighted by Crippen LogP contribution is -2.09. The molecule has 1 aromatic heterocycles. The first-order valence-corrected chi connectivity index (χ1v) is 5.81. The van der Waals surface area contributed by atoms with Gasteiger partial charge in [-0.1, -0.05) is 0 Å². The SMILES string of the molecule is N#Cc1ccc(Oc2cc(C(F)(F)F)ncc2[N+](=O)[O-])c(F)c1. The van der Waals surface area contributed by atoms with Gasteiger partial charge in [-0.2, -0.15) is 18.4 Å². The molecule has 6 nitrogen and oxygen atoms in total. The molecule has 0 unspecified atom stereocenters. The fourth-order valence-corrected chi connectivity index (χ4v) is 1.58. The van der Waals surface area contributed by atoms with E-state index in [2.05, 4.69) is 4.98 Å². The van der Waals surface area contributed by atoms with Crippen LogP contribution in [0.25, 0.3) is 0 Å². The van der Waals surface area contributed by atoms with Crippen LogP contribution in [0.3, 0.4) is 0 Å². The standard InChI is InChI=1S/C13H5F4N3O3/c14-8-3-7(5-18)1-2-10(8)23-11-4-12(13(15,16)17)19-6-9(11)20(21)22/h1-4,6H. The van der Waals surface area contributed by atoms with Crippen molar-refractivity contribution in [2.75, 3.05) is 0 Å². The molecule has 23 heavy (non-hydrogen) atoms. The summed E-state index contributed by atoms with van der Waals surface area (Å²) in [5, 5.41) is 19.4. The Hall–Kier alpha value is -3.22. The molecule has 0 fully saturated rings. The summed E-state index contributed by atoms with van der Waals surface area (Å²) in [5.41, 5.74) is -2.33. The van der Waals surface area contributed by atoms with Crippen LogP contribution in [0.1, 0.15) is 11.3 Å². The molecule has 0 aliphatic carbocycles. The summed E-state index contributed by atoms with van der Waals surface area (Å²) in [5.74, 6) is -2.43. The monoisotopic (exact) mass is 327 g/mol. The number of nitrogens with zero attached hydrogens (tertiary/aromatic N) is 3. The van der Waals surface area contributed by atoms with Gasteiger partial charge in [0.2, 0.25) is 5.75 Å². The van der Waals surface area contributed by atoms with Crippen molar-refractivity contribution in [1.29, 1.82) is 5.26 Å². The van der Waals surface area contributed by atoms with Crippen LogP contribution in [-0.4, -0.2) is 9.91 Å². The molecule has 118 valence electrons. The van der Waals surface area contributed by atoms with Crippen LogP contribution in [0.2, 0.25) is 0 Å². The maximum absolute atomic E-state index is 13.7. The molecule has 0 radical (unpaired) electrons. The molecule has 0 aliphatic rings. The van der Waals surface area contributed by atoms with Gasteiger partial charge in [0.15, 0.2) is 11.6 Å². The van der Waals surface area contributed by atoms with Crippen molar-refractivity contribution >= 4 is 5.69 Å². The molecular formula is C13H5F4N3O3. The van der Waals surface area contributed by atoms with Crippen molar-refractivity contribution in [3.8, 4) is 17.6 Å². The highest BCUT2D eigenvalue weighted by Crippen LogP contribution is 2.37. The zero-order chi connectivity index (χ0) is 17.2. The Morgan fingerprint density at radius 1 is 1.26 bits per heavy atom. The Morgan fingerprint density at radius 2 is 1.96 bits per heavy atom. The first-order chi connectivity index (χ1) is 10.7. The van der Waals surface area contributed by atoms with Gasteiger partial charge in [-0.3, -0.25) is 10.1 Å². The van der Waals surface area contributed by atoms with E-state index in [0.29, 0.717) is 12.3 Å². The molecule has 2 aromatic rings. The zero-order valence-electron chi connectivity index (χ0n) is 11.0. The van der Waals surface area contributed by atoms with Gasteiger partial charge in [-0.05, 0) is 18.2 Å². The summed E-state index contributed by atoms with van der Waals surface area (Å²) < 4.78 is 56.4. The van der Waals surface area contributed by atoms with E-state index in [4.69, 9.17) is 10.00 Å². The van der Waals surface area contributed by atoms with E-state index in [9.17, 15) is 27.7 Å². The van der Waals surface area contributed by atoms with Gasteiger partial charge in [-0.25, -0.2) is 9.37 Å². The number of nitriles is 1. The number of aromatic nitrogens is 1. The number of ether oxygens (including phenoxy) is 1. The molecule has 0 saturated heterocycles. The molecule has 0 aliphatic heterocycles. The lowest BCUT2D eigenvalue weighted by atomic mass is 10.2. The van der Waals surface area contributed by atoms with Gasteiger partial charge in [0, 0.05) is 6.07 Å². The summed E-state index contributed by atoms with van der Waals surface area (Å²) in [6, 6.07) is 4.87. The molecule has 0 spiro atoms. The number of nitro groups is 1. The van der Waals surface area contributed by atoms with Crippen molar-refractivity contribution in [2.45, 2.75) is 6.18 Å².